The molecule has 0 spiro atoms. The van der Waals surface area contributed by atoms with Gasteiger partial charge in [-0.3, -0.25) is 9.48 Å². The lowest BCUT2D eigenvalue weighted by molar-refractivity contribution is 0.0837. The molecule has 0 unspecified atom stereocenters. The van der Waals surface area contributed by atoms with Crippen molar-refractivity contribution in [2.24, 2.45) is 0 Å². The van der Waals surface area contributed by atoms with Gasteiger partial charge in [0.2, 0.25) is 5.78 Å². The fourth-order valence-corrected chi connectivity index (χ4v) is 1.22. The number of hydrogen-bond acceptors (Lipinski definition) is 3. The molecule has 0 aromatic carbocycles. The van der Waals surface area contributed by atoms with Crippen LogP contribution in [0.4, 0.5) is 0 Å². The molecule has 0 amide bonds. The number of carbonyl (C=O) groups is 1. The second-order valence-electron chi connectivity index (χ2n) is 2.84. The molecule has 13 heavy (non-hydrogen) atoms. The Morgan fingerprint density at radius 1 is 1.69 bits per heavy atom. The SMILES string of the molecule is CCn1nc(C)cc1C(=O)COC. The van der Waals surface area contributed by atoms with Crippen molar-refractivity contribution in [2.45, 2.75) is 20.4 Å². The number of ether oxygens (including phenoxy) is 1. The van der Waals surface area contributed by atoms with Crippen LogP contribution >= 0.6 is 0 Å². The fourth-order valence-electron chi connectivity index (χ4n) is 1.22. The van der Waals surface area contributed by atoms with Gasteiger partial charge in [0.05, 0.1) is 5.69 Å². The molecule has 0 aliphatic carbocycles. The molecule has 4 heteroatoms. The zero-order valence-corrected chi connectivity index (χ0v) is 8.20. The van der Waals surface area contributed by atoms with E-state index in [4.69, 9.17) is 4.74 Å². The summed E-state index contributed by atoms with van der Waals surface area (Å²) in [6.07, 6.45) is 0. The zero-order valence-electron chi connectivity index (χ0n) is 8.20. The molecular weight excluding hydrogens is 168 g/mol. The second-order valence-corrected chi connectivity index (χ2v) is 2.84. The predicted molar refractivity (Wildman–Crippen MR) is 48.8 cm³/mol. The lowest BCUT2D eigenvalue weighted by Gasteiger charge is -2.01. The molecule has 72 valence electrons. The molecule has 0 bridgehead atoms. The highest BCUT2D eigenvalue weighted by Gasteiger charge is 2.11. The van der Waals surface area contributed by atoms with Crippen molar-refractivity contribution in [3.05, 3.63) is 17.5 Å². The molecule has 1 aromatic rings. The lowest BCUT2D eigenvalue weighted by atomic mass is 10.3. The van der Waals surface area contributed by atoms with Crippen LogP contribution in [-0.4, -0.2) is 29.3 Å². The maximum atomic E-state index is 11.5. The van der Waals surface area contributed by atoms with Crippen molar-refractivity contribution in [3.8, 4) is 0 Å². The summed E-state index contributed by atoms with van der Waals surface area (Å²) < 4.78 is 6.47. The molecule has 0 aliphatic rings. The summed E-state index contributed by atoms with van der Waals surface area (Å²) in [5.41, 5.74) is 1.49. The highest BCUT2D eigenvalue weighted by atomic mass is 16.5. The first-order valence-electron chi connectivity index (χ1n) is 4.25. The summed E-state index contributed by atoms with van der Waals surface area (Å²) in [5, 5.41) is 4.17. The van der Waals surface area contributed by atoms with Crippen molar-refractivity contribution >= 4 is 5.78 Å². The van der Waals surface area contributed by atoms with E-state index in [2.05, 4.69) is 5.10 Å². The van der Waals surface area contributed by atoms with E-state index < -0.39 is 0 Å². The van der Waals surface area contributed by atoms with Gasteiger partial charge < -0.3 is 4.74 Å². The minimum absolute atomic E-state index is 0.0232. The number of aryl methyl sites for hydroxylation is 2. The second kappa shape index (κ2) is 4.18. The third-order valence-electron chi connectivity index (χ3n) is 1.76. The predicted octanol–water partition coefficient (Wildman–Crippen LogP) is 1.04. The maximum absolute atomic E-state index is 11.5. The third-order valence-corrected chi connectivity index (χ3v) is 1.76. The van der Waals surface area contributed by atoms with Gasteiger partial charge >= 0.3 is 0 Å². The van der Waals surface area contributed by atoms with E-state index in [0.29, 0.717) is 12.2 Å². The Bertz CT molecular complexity index is 305. The van der Waals surface area contributed by atoms with E-state index in [1.807, 2.05) is 13.8 Å². The van der Waals surface area contributed by atoms with Crippen molar-refractivity contribution < 1.29 is 9.53 Å². The maximum Gasteiger partial charge on any atom is 0.206 e. The Hall–Kier alpha value is -1.16. The van der Waals surface area contributed by atoms with Gasteiger partial charge in [0, 0.05) is 13.7 Å². The summed E-state index contributed by atoms with van der Waals surface area (Å²) in [4.78, 5) is 11.5. The van der Waals surface area contributed by atoms with Crippen LogP contribution in [0.15, 0.2) is 6.07 Å². The Morgan fingerprint density at radius 3 is 2.92 bits per heavy atom. The monoisotopic (exact) mass is 182 g/mol. The van der Waals surface area contributed by atoms with Crippen molar-refractivity contribution in [3.63, 3.8) is 0 Å². The highest BCUT2D eigenvalue weighted by Crippen LogP contribution is 2.04. The number of rotatable bonds is 4. The molecule has 0 atom stereocenters. The molecule has 0 saturated carbocycles. The van der Waals surface area contributed by atoms with Crippen LogP contribution in [-0.2, 0) is 11.3 Å². The Kier molecular flexibility index (Phi) is 3.19. The highest BCUT2D eigenvalue weighted by molar-refractivity contribution is 5.95. The average Bonchev–Trinajstić information content (AvgIpc) is 2.47. The number of methoxy groups -OCH3 is 1. The standard InChI is InChI=1S/C9H14N2O2/c1-4-11-8(5-7(2)10-11)9(12)6-13-3/h5H,4,6H2,1-3H3. The smallest absolute Gasteiger partial charge is 0.206 e. The fraction of sp³-hybridized carbons (Fsp3) is 0.556. The van der Waals surface area contributed by atoms with Gasteiger partial charge in [-0.2, -0.15) is 5.10 Å². The van der Waals surface area contributed by atoms with Gasteiger partial charge in [-0.1, -0.05) is 0 Å². The normalized spacial score (nSPS) is 10.4. The van der Waals surface area contributed by atoms with Gasteiger partial charge in [-0.25, -0.2) is 0 Å². The first-order valence-corrected chi connectivity index (χ1v) is 4.25. The van der Waals surface area contributed by atoms with E-state index in [1.165, 1.54) is 7.11 Å². The third kappa shape index (κ3) is 2.15. The van der Waals surface area contributed by atoms with Crippen LogP contribution in [0.5, 0.6) is 0 Å². The topological polar surface area (TPSA) is 44.1 Å². The van der Waals surface area contributed by atoms with Gasteiger partial charge in [0.1, 0.15) is 12.3 Å². The average molecular weight is 182 g/mol. The first kappa shape index (κ1) is 9.92. The minimum atomic E-state index is -0.0232. The van der Waals surface area contributed by atoms with E-state index in [9.17, 15) is 4.79 Å². The Labute approximate surface area is 77.5 Å². The number of nitrogens with zero attached hydrogens (tertiary/aromatic N) is 2. The molecule has 0 N–H and O–H groups in total. The van der Waals surface area contributed by atoms with Crippen LogP contribution in [0, 0.1) is 6.92 Å². The van der Waals surface area contributed by atoms with Crippen molar-refractivity contribution in [1.82, 2.24) is 9.78 Å². The number of carbonyl (C=O) groups excluding carboxylic acids is 1. The lowest BCUT2D eigenvalue weighted by Crippen LogP contribution is -2.13. The molecule has 0 aliphatic heterocycles. The van der Waals surface area contributed by atoms with Gasteiger partial charge in [-0.15, -0.1) is 0 Å². The molecule has 0 saturated heterocycles. The van der Waals surface area contributed by atoms with Gasteiger partial charge in [0.15, 0.2) is 0 Å². The number of hydrogen-bond donors (Lipinski definition) is 0. The Morgan fingerprint density at radius 2 is 2.38 bits per heavy atom. The van der Waals surface area contributed by atoms with E-state index in [1.54, 1.807) is 10.7 Å². The molecule has 1 rings (SSSR count). The van der Waals surface area contributed by atoms with Crippen molar-refractivity contribution in [2.75, 3.05) is 13.7 Å². The molecule has 0 fully saturated rings. The van der Waals surface area contributed by atoms with Crippen LogP contribution < -0.4 is 0 Å². The summed E-state index contributed by atoms with van der Waals surface area (Å²) in [7, 11) is 1.51. The Balaban J connectivity index is 2.91. The first-order chi connectivity index (χ1) is 6.19. The minimum Gasteiger partial charge on any atom is -0.376 e. The van der Waals surface area contributed by atoms with Crippen LogP contribution in [0.2, 0.25) is 0 Å². The summed E-state index contributed by atoms with van der Waals surface area (Å²) in [6, 6.07) is 1.78. The number of ketones is 1. The van der Waals surface area contributed by atoms with Gasteiger partial charge in [-0.05, 0) is 19.9 Å². The zero-order chi connectivity index (χ0) is 9.84. The van der Waals surface area contributed by atoms with Crippen molar-refractivity contribution in [1.29, 1.82) is 0 Å². The summed E-state index contributed by atoms with van der Waals surface area (Å²) >= 11 is 0. The summed E-state index contributed by atoms with van der Waals surface area (Å²) in [5.74, 6) is -0.0232. The molecule has 4 nitrogen and oxygen atoms in total. The largest absolute Gasteiger partial charge is 0.376 e. The number of Topliss-reactive ketones (excluding diaryl/α,β-unsaturated/α-hetero) is 1. The van der Waals surface area contributed by atoms with Crippen LogP contribution in [0.3, 0.4) is 0 Å². The van der Waals surface area contributed by atoms with Gasteiger partial charge in [0.25, 0.3) is 0 Å². The number of aromatic nitrogens is 2. The van der Waals surface area contributed by atoms with Crippen LogP contribution in [0.25, 0.3) is 0 Å². The van der Waals surface area contributed by atoms with E-state index in [0.717, 1.165) is 5.69 Å². The quantitative estimate of drug-likeness (QED) is 0.653. The van der Waals surface area contributed by atoms with Crippen LogP contribution in [0.1, 0.15) is 23.1 Å². The molecule has 1 aromatic heterocycles. The molecule has 0 radical (unpaired) electrons. The molecular formula is C9H14N2O2. The van der Waals surface area contributed by atoms with E-state index in [-0.39, 0.29) is 12.4 Å². The summed E-state index contributed by atoms with van der Waals surface area (Å²) in [6.45, 7) is 4.65. The van der Waals surface area contributed by atoms with E-state index >= 15 is 0 Å². The molecule has 1 heterocycles.